The molecule has 0 aliphatic heterocycles. The second-order valence-corrected chi connectivity index (χ2v) is 6.08. The molecular formula is C21H25N3O3. The van der Waals surface area contributed by atoms with E-state index in [0.29, 0.717) is 12.1 Å². The van der Waals surface area contributed by atoms with Crippen LogP contribution >= 0.6 is 0 Å². The Bertz CT molecular complexity index is 786. The molecule has 1 unspecified atom stereocenters. The van der Waals surface area contributed by atoms with Gasteiger partial charge < -0.3 is 5.32 Å². The lowest BCUT2D eigenvalue weighted by Gasteiger charge is -2.30. The Kier molecular flexibility index (Phi) is 7.70. The largest absolute Gasteiger partial charge is 0.351 e. The first-order chi connectivity index (χ1) is 13.0. The Morgan fingerprint density at radius 3 is 2.48 bits per heavy atom. The second-order valence-electron chi connectivity index (χ2n) is 6.08. The number of hydrogen-bond acceptors (Lipinski definition) is 4. The van der Waals surface area contributed by atoms with Crippen molar-refractivity contribution in [2.75, 3.05) is 19.6 Å². The summed E-state index contributed by atoms with van der Waals surface area (Å²) in [6, 6.07) is 16.4. The molecule has 1 amide bonds. The Balaban J connectivity index is 2.03. The Morgan fingerprint density at radius 2 is 1.85 bits per heavy atom. The summed E-state index contributed by atoms with van der Waals surface area (Å²) in [5.74, 6) is -0.227. The first kappa shape index (κ1) is 20.3. The van der Waals surface area contributed by atoms with E-state index >= 15 is 0 Å². The molecule has 0 spiro atoms. The summed E-state index contributed by atoms with van der Waals surface area (Å²) < 4.78 is 0. The fourth-order valence-electron chi connectivity index (χ4n) is 2.97. The molecule has 6 heteroatoms. The van der Waals surface area contributed by atoms with Crippen LogP contribution in [0.15, 0.2) is 60.7 Å². The number of amides is 1. The fourth-order valence-corrected chi connectivity index (χ4v) is 2.97. The minimum atomic E-state index is -0.452. The molecule has 1 atom stereocenters. The molecule has 0 radical (unpaired) electrons. The smallest absolute Gasteiger partial charge is 0.270 e. The molecule has 142 valence electrons. The van der Waals surface area contributed by atoms with E-state index in [-0.39, 0.29) is 17.6 Å². The molecular weight excluding hydrogens is 342 g/mol. The third-order valence-corrected chi connectivity index (χ3v) is 4.42. The fraction of sp³-hybridized carbons (Fsp3) is 0.286. The van der Waals surface area contributed by atoms with Gasteiger partial charge in [0.1, 0.15) is 0 Å². The Hall–Kier alpha value is -2.99. The van der Waals surface area contributed by atoms with Gasteiger partial charge in [-0.05, 0) is 30.3 Å². The quantitative estimate of drug-likeness (QED) is 0.415. The average Bonchev–Trinajstić information content (AvgIpc) is 2.70. The molecule has 1 N–H and O–H groups in total. The highest BCUT2D eigenvalue weighted by atomic mass is 16.6. The predicted molar refractivity (Wildman–Crippen MR) is 107 cm³/mol. The van der Waals surface area contributed by atoms with Gasteiger partial charge in [-0.2, -0.15) is 0 Å². The van der Waals surface area contributed by atoms with Crippen LogP contribution in [0.1, 0.15) is 31.0 Å². The third-order valence-electron chi connectivity index (χ3n) is 4.42. The number of carbonyl (C=O) groups is 1. The summed E-state index contributed by atoms with van der Waals surface area (Å²) in [5.41, 5.74) is 1.77. The van der Waals surface area contributed by atoms with Crippen LogP contribution in [0, 0.1) is 10.1 Å². The molecule has 2 aromatic rings. The highest BCUT2D eigenvalue weighted by Crippen LogP contribution is 2.19. The van der Waals surface area contributed by atoms with Crippen LogP contribution in [0.3, 0.4) is 0 Å². The molecule has 0 aliphatic carbocycles. The highest BCUT2D eigenvalue weighted by Gasteiger charge is 2.18. The second kappa shape index (κ2) is 10.2. The van der Waals surface area contributed by atoms with Crippen molar-refractivity contribution in [3.8, 4) is 0 Å². The lowest BCUT2D eigenvalue weighted by Crippen LogP contribution is -2.37. The van der Waals surface area contributed by atoms with Gasteiger partial charge in [-0.3, -0.25) is 19.8 Å². The van der Waals surface area contributed by atoms with Gasteiger partial charge in [-0.15, -0.1) is 0 Å². The van der Waals surface area contributed by atoms with Crippen molar-refractivity contribution in [1.29, 1.82) is 0 Å². The van der Waals surface area contributed by atoms with Crippen LogP contribution in [-0.2, 0) is 4.79 Å². The number of nitro groups is 1. The van der Waals surface area contributed by atoms with E-state index in [1.54, 1.807) is 18.2 Å². The maximum absolute atomic E-state index is 12.2. The lowest BCUT2D eigenvalue weighted by atomic mass is 10.1. The summed E-state index contributed by atoms with van der Waals surface area (Å²) >= 11 is 0. The van der Waals surface area contributed by atoms with Crippen molar-refractivity contribution in [2.45, 2.75) is 19.9 Å². The van der Waals surface area contributed by atoms with E-state index in [0.717, 1.165) is 18.7 Å². The van der Waals surface area contributed by atoms with Crippen LogP contribution in [0.25, 0.3) is 6.08 Å². The first-order valence-electron chi connectivity index (χ1n) is 9.04. The predicted octanol–water partition coefficient (Wildman–Crippen LogP) is 3.81. The van der Waals surface area contributed by atoms with Gasteiger partial charge in [0.05, 0.1) is 11.0 Å². The number of rotatable bonds is 9. The molecule has 0 heterocycles. The topological polar surface area (TPSA) is 75.5 Å². The minimum Gasteiger partial charge on any atom is -0.351 e. The van der Waals surface area contributed by atoms with Crippen molar-refractivity contribution < 1.29 is 9.72 Å². The van der Waals surface area contributed by atoms with Gasteiger partial charge in [0.25, 0.3) is 5.69 Å². The van der Waals surface area contributed by atoms with Gasteiger partial charge in [0, 0.05) is 24.8 Å². The number of hydrogen-bond donors (Lipinski definition) is 1. The highest BCUT2D eigenvalue weighted by molar-refractivity contribution is 5.91. The number of nitrogens with one attached hydrogen (secondary N) is 1. The van der Waals surface area contributed by atoms with E-state index in [4.69, 9.17) is 0 Å². The van der Waals surface area contributed by atoms with Crippen molar-refractivity contribution in [1.82, 2.24) is 10.2 Å². The normalized spacial score (nSPS) is 12.3. The molecule has 6 nitrogen and oxygen atoms in total. The zero-order chi connectivity index (χ0) is 19.6. The SMILES string of the molecule is CCN(CC)C(CNC(=O)/C=C/c1cccc([N+](=O)[O-])c1)c1ccccc1. The standard InChI is InChI=1S/C21H25N3O3/c1-3-23(4-2)20(18-10-6-5-7-11-18)16-22-21(25)14-13-17-9-8-12-19(15-17)24(26)27/h5-15,20H,3-4,16H2,1-2H3,(H,22,25)/b14-13+. The van der Waals surface area contributed by atoms with Gasteiger partial charge in [0.15, 0.2) is 0 Å². The summed E-state index contributed by atoms with van der Waals surface area (Å²) in [4.78, 5) is 24.9. The van der Waals surface area contributed by atoms with Crippen molar-refractivity contribution >= 4 is 17.7 Å². The monoisotopic (exact) mass is 367 g/mol. The van der Waals surface area contributed by atoms with Crippen LogP contribution in [-0.4, -0.2) is 35.4 Å². The molecule has 2 rings (SSSR count). The van der Waals surface area contributed by atoms with Gasteiger partial charge >= 0.3 is 0 Å². The van der Waals surface area contributed by atoms with Crippen molar-refractivity contribution in [3.05, 3.63) is 81.9 Å². The molecule has 0 bridgehead atoms. The van der Waals surface area contributed by atoms with Crippen molar-refractivity contribution in [3.63, 3.8) is 0 Å². The maximum Gasteiger partial charge on any atom is 0.270 e. The summed E-state index contributed by atoms with van der Waals surface area (Å²) in [7, 11) is 0. The number of benzene rings is 2. The van der Waals surface area contributed by atoms with Crippen molar-refractivity contribution in [2.24, 2.45) is 0 Å². The van der Waals surface area contributed by atoms with E-state index in [9.17, 15) is 14.9 Å². The van der Waals surface area contributed by atoms with Crippen LogP contribution in [0.4, 0.5) is 5.69 Å². The van der Waals surface area contributed by atoms with Crippen LogP contribution in [0.2, 0.25) is 0 Å². The van der Waals surface area contributed by atoms with Gasteiger partial charge in [0.2, 0.25) is 5.91 Å². The van der Waals surface area contributed by atoms with Gasteiger partial charge in [-0.25, -0.2) is 0 Å². The number of nitro benzene ring substituents is 1. The minimum absolute atomic E-state index is 0.00299. The molecule has 0 saturated heterocycles. The number of likely N-dealkylation sites (N-methyl/N-ethyl adjacent to an activating group) is 1. The van der Waals surface area contributed by atoms with Crippen LogP contribution in [0.5, 0.6) is 0 Å². The number of non-ortho nitro benzene ring substituents is 1. The number of carbonyl (C=O) groups excluding carboxylic acids is 1. The zero-order valence-electron chi connectivity index (χ0n) is 15.7. The third kappa shape index (κ3) is 6.04. The van der Waals surface area contributed by atoms with Gasteiger partial charge in [-0.1, -0.05) is 56.3 Å². The molecule has 27 heavy (non-hydrogen) atoms. The molecule has 0 fully saturated rings. The Morgan fingerprint density at radius 1 is 1.15 bits per heavy atom. The summed E-state index contributed by atoms with van der Waals surface area (Å²) in [6.45, 7) is 6.46. The molecule has 0 saturated carbocycles. The van der Waals surface area contributed by atoms with E-state index in [2.05, 4.69) is 36.2 Å². The average molecular weight is 367 g/mol. The van der Waals surface area contributed by atoms with E-state index in [1.807, 2.05) is 18.2 Å². The molecule has 0 aromatic heterocycles. The summed E-state index contributed by atoms with van der Waals surface area (Å²) in [6.07, 6.45) is 2.99. The molecule has 2 aromatic carbocycles. The maximum atomic E-state index is 12.2. The first-order valence-corrected chi connectivity index (χ1v) is 9.04. The Labute approximate surface area is 159 Å². The van der Waals surface area contributed by atoms with Crippen LogP contribution < -0.4 is 5.32 Å². The lowest BCUT2D eigenvalue weighted by molar-refractivity contribution is -0.384. The molecule has 0 aliphatic rings. The zero-order valence-corrected chi connectivity index (χ0v) is 15.7. The summed E-state index contributed by atoms with van der Waals surface area (Å²) in [5, 5.41) is 13.8. The number of nitrogens with zero attached hydrogens (tertiary/aromatic N) is 2. The van der Waals surface area contributed by atoms with E-state index < -0.39 is 4.92 Å². The van der Waals surface area contributed by atoms with E-state index in [1.165, 1.54) is 18.2 Å².